The van der Waals surface area contributed by atoms with Gasteiger partial charge >= 0.3 is 12.3 Å². The number of benzene rings is 2. The molecule has 46 heavy (non-hydrogen) atoms. The van der Waals surface area contributed by atoms with Crippen molar-refractivity contribution in [1.29, 1.82) is 0 Å². The van der Waals surface area contributed by atoms with Crippen LogP contribution in [0.15, 0.2) is 77.9 Å². The zero-order chi connectivity index (χ0) is 33.3. The van der Waals surface area contributed by atoms with Gasteiger partial charge in [-0.15, -0.1) is 13.2 Å². The molecule has 16 heteroatoms. The monoisotopic (exact) mass is 632 g/mol. The van der Waals surface area contributed by atoms with E-state index in [0.29, 0.717) is 11.3 Å². The number of halogens is 3. The predicted octanol–water partition coefficient (Wildman–Crippen LogP) is 3.72. The topological polar surface area (TPSA) is 196 Å². The maximum atomic E-state index is 12.6. The van der Waals surface area contributed by atoms with Crippen LogP contribution in [0.5, 0.6) is 5.75 Å². The van der Waals surface area contributed by atoms with Crippen molar-refractivity contribution in [2.45, 2.75) is 13.3 Å². The molecule has 0 radical (unpaired) electrons. The van der Waals surface area contributed by atoms with Crippen molar-refractivity contribution in [2.75, 3.05) is 11.1 Å². The minimum atomic E-state index is -4.88. The van der Waals surface area contributed by atoms with Crippen molar-refractivity contribution in [3.8, 4) is 11.4 Å². The molecule has 232 valence electrons. The fourth-order valence-corrected chi connectivity index (χ4v) is 4.46. The van der Waals surface area contributed by atoms with Gasteiger partial charge in [-0.2, -0.15) is 0 Å². The minimum absolute atomic E-state index is 0.0440. The number of ether oxygens (including phenoxy) is 1. The summed E-state index contributed by atoms with van der Waals surface area (Å²) in [4.78, 5) is 68.9. The van der Waals surface area contributed by atoms with Gasteiger partial charge < -0.3 is 20.9 Å². The number of ketones is 2. The lowest BCUT2D eigenvalue weighted by atomic mass is 10.1. The van der Waals surface area contributed by atoms with Crippen LogP contribution >= 0.6 is 0 Å². The first-order valence-electron chi connectivity index (χ1n) is 13.0. The number of fused-ring (bicyclic) bond motifs is 5. The van der Waals surface area contributed by atoms with Gasteiger partial charge in [0.2, 0.25) is 5.78 Å². The third-order valence-corrected chi connectivity index (χ3v) is 6.48. The summed E-state index contributed by atoms with van der Waals surface area (Å²) in [7, 11) is 0. The molecule has 0 aliphatic carbocycles. The van der Waals surface area contributed by atoms with Crippen molar-refractivity contribution in [3.63, 3.8) is 0 Å². The van der Waals surface area contributed by atoms with E-state index >= 15 is 0 Å². The number of carboxylic acid groups (broad SMARTS) is 1. The molecule has 2 aromatic carbocycles. The fraction of sp³-hybridized carbons (Fsp3) is 0.0667. The molecule has 0 fully saturated rings. The maximum absolute atomic E-state index is 12.6. The summed E-state index contributed by atoms with van der Waals surface area (Å²) in [5.41, 5.74) is 7.02. The number of hydrogen-bond acceptors (Lipinski definition) is 10. The van der Waals surface area contributed by atoms with Gasteiger partial charge in [0.15, 0.2) is 11.5 Å². The standard InChI is InChI=1S/C15H6F3N3O3.C9H7NO2.C6H6N2O2/c16-15(17,18)24-7-3-4-10-9(6-7)11(22)13-20-12-8(2-1-5-19-12)14(23)21(10)13;1-5-2-3-7-6(4-5)8(11)9(12)10-7;7-5-4(6(9)10)2-1-3-8-5/h1-6H;2-4H,1H3,(H,10,11,12);1-3H,(H2,7,8)(H,9,10). The lowest BCUT2D eigenvalue weighted by molar-refractivity contribution is -0.274. The Morgan fingerprint density at radius 2 is 1.65 bits per heavy atom. The maximum Gasteiger partial charge on any atom is 0.573 e. The number of nitrogen functional groups attached to an aromatic ring is 1. The number of pyridine rings is 2. The van der Waals surface area contributed by atoms with E-state index < -0.39 is 41.1 Å². The Morgan fingerprint density at radius 1 is 0.935 bits per heavy atom. The zero-order valence-electron chi connectivity index (χ0n) is 23.3. The molecule has 3 aromatic heterocycles. The second-order valence-electron chi connectivity index (χ2n) is 9.58. The van der Waals surface area contributed by atoms with Crippen LogP contribution in [0, 0.1) is 6.92 Å². The van der Waals surface area contributed by atoms with Gasteiger partial charge in [-0.25, -0.2) is 19.7 Å². The quantitative estimate of drug-likeness (QED) is 0.235. The molecule has 5 heterocycles. The number of amides is 1. The van der Waals surface area contributed by atoms with Crippen molar-refractivity contribution < 1.29 is 42.2 Å². The highest BCUT2D eigenvalue weighted by Crippen LogP contribution is 2.31. The lowest BCUT2D eigenvalue weighted by Crippen LogP contribution is -2.21. The molecule has 2 aliphatic rings. The largest absolute Gasteiger partial charge is 0.573 e. The number of nitrogens with one attached hydrogen (secondary N) is 1. The Hall–Kier alpha value is -6.45. The second-order valence-corrected chi connectivity index (χ2v) is 9.58. The second kappa shape index (κ2) is 11.9. The third kappa shape index (κ3) is 6.12. The van der Waals surface area contributed by atoms with E-state index in [-0.39, 0.29) is 39.5 Å². The molecule has 0 saturated carbocycles. The van der Waals surface area contributed by atoms with Crippen molar-refractivity contribution >= 4 is 46.0 Å². The Balaban J connectivity index is 0.000000157. The SMILES string of the molecule is Cc1ccc2c(c1)C(=O)C(=O)N2.Nc1ncccc1C(=O)O.O=C1c2cc(OC(F)(F)F)ccc2-n2c1nc1ncccc1c2=O. The number of carbonyl (C=O) groups is 4. The molecule has 4 N–H and O–H groups in total. The summed E-state index contributed by atoms with van der Waals surface area (Å²) < 4.78 is 41.8. The average Bonchev–Trinajstić information content (AvgIpc) is 3.44. The number of carboxylic acids is 1. The fourth-order valence-electron chi connectivity index (χ4n) is 4.46. The summed E-state index contributed by atoms with van der Waals surface area (Å²) in [5, 5.41) is 11.1. The molecule has 1 amide bonds. The Labute approximate surface area is 255 Å². The first kappa shape index (κ1) is 31.0. The van der Waals surface area contributed by atoms with E-state index in [4.69, 9.17) is 10.8 Å². The molecular formula is C30H19F3N6O7. The van der Waals surface area contributed by atoms with Crippen molar-refractivity contribution in [2.24, 2.45) is 0 Å². The van der Waals surface area contributed by atoms with Crippen LogP contribution in [0.25, 0.3) is 16.7 Å². The number of hydrogen-bond donors (Lipinski definition) is 3. The van der Waals surface area contributed by atoms with Crippen LogP contribution in [0.4, 0.5) is 24.7 Å². The van der Waals surface area contributed by atoms with Gasteiger partial charge in [0.05, 0.1) is 27.9 Å². The number of nitrogens with two attached hydrogens (primary N) is 1. The Kier molecular flexibility index (Phi) is 8.03. The van der Waals surface area contributed by atoms with Gasteiger partial charge in [0.1, 0.15) is 17.1 Å². The summed E-state index contributed by atoms with van der Waals surface area (Å²) in [6.45, 7) is 1.89. The van der Waals surface area contributed by atoms with E-state index in [0.717, 1.165) is 22.3 Å². The first-order valence-corrected chi connectivity index (χ1v) is 13.0. The third-order valence-electron chi connectivity index (χ3n) is 6.48. The smallest absolute Gasteiger partial charge is 0.478 e. The number of anilines is 2. The highest BCUT2D eigenvalue weighted by molar-refractivity contribution is 6.51. The highest BCUT2D eigenvalue weighted by atomic mass is 19.4. The van der Waals surface area contributed by atoms with E-state index in [1.54, 1.807) is 18.2 Å². The van der Waals surface area contributed by atoms with Gasteiger partial charge in [0.25, 0.3) is 17.2 Å². The molecule has 5 aromatic rings. The molecule has 0 spiro atoms. The predicted molar refractivity (Wildman–Crippen MR) is 155 cm³/mol. The molecule has 0 saturated heterocycles. The van der Waals surface area contributed by atoms with Crippen molar-refractivity contribution in [3.05, 3.63) is 111 Å². The van der Waals surface area contributed by atoms with Crippen LogP contribution in [0.3, 0.4) is 0 Å². The number of rotatable bonds is 2. The van der Waals surface area contributed by atoms with Gasteiger partial charge in [-0.05, 0) is 61.5 Å². The number of Topliss-reactive ketones (excluding diaryl/α,β-unsaturated/α-hetero) is 1. The summed E-state index contributed by atoms with van der Waals surface area (Å²) >= 11 is 0. The number of aromatic carboxylic acids is 1. The first-order chi connectivity index (χ1) is 21.7. The van der Waals surface area contributed by atoms with Gasteiger partial charge in [-0.1, -0.05) is 11.6 Å². The minimum Gasteiger partial charge on any atom is -0.478 e. The molecule has 7 rings (SSSR count). The van der Waals surface area contributed by atoms with E-state index in [9.17, 15) is 37.1 Å². The molecular weight excluding hydrogens is 613 g/mol. The summed E-state index contributed by atoms with van der Waals surface area (Å²) in [6.07, 6.45) is -2.01. The normalized spacial score (nSPS) is 12.6. The average molecular weight is 633 g/mol. The van der Waals surface area contributed by atoms with Crippen LogP contribution in [-0.2, 0) is 4.79 Å². The summed E-state index contributed by atoms with van der Waals surface area (Å²) in [5.74, 6) is -3.37. The number of nitrogens with zero attached hydrogens (tertiary/aromatic N) is 4. The Bertz CT molecular complexity index is 2150. The van der Waals surface area contributed by atoms with E-state index in [1.807, 2.05) is 13.0 Å². The lowest BCUT2D eigenvalue weighted by Gasteiger charge is -2.09. The molecule has 0 atom stereocenters. The molecule has 2 aliphatic heterocycles. The number of aromatic nitrogens is 4. The van der Waals surface area contributed by atoms with Crippen LogP contribution < -0.4 is 21.3 Å². The molecule has 0 bridgehead atoms. The van der Waals surface area contributed by atoms with Gasteiger partial charge in [-0.3, -0.25) is 23.7 Å². The Morgan fingerprint density at radius 3 is 2.33 bits per heavy atom. The highest BCUT2D eigenvalue weighted by Gasteiger charge is 2.34. The number of alkyl halides is 3. The van der Waals surface area contributed by atoms with E-state index in [1.165, 1.54) is 36.7 Å². The number of carbonyl (C=O) groups excluding carboxylic acids is 3. The van der Waals surface area contributed by atoms with E-state index in [2.05, 4.69) is 25.0 Å². The van der Waals surface area contributed by atoms with Crippen LogP contribution in [0.2, 0.25) is 0 Å². The van der Waals surface area contributed by atoms with Crippen LogP contribution in [0.1, 0.15) is 42.5 Å². The van der Waals surface area contributed by atoms with Gasteiger partial charge in [0, 0.05) is 12.4 Å². The molecule has 13 nitrogen and oxygen atoms in total. The van der Waals surface area contributed by atoms with Crippen molar-refractivity contribution in [1.82, 2.24) is 19.5 Å². The number of aryl methyl sites for hydroxylation is 1. The summed E-state index contributed by atoms with van der Waals surface area (Å²) in [6, 6.07) is 14.5. The van der Waals surface area contributed by atoms with Crippen LogP contribution in [-0.4, -0.2) is 54.4 Å². The zero-order valence-corrected chi connectivity index (χ0v) is 23.3. The molecule has 0 unspecified atom stereocenters.